The van der Waals surface area contributed by atoms with Gasteiger partial charge < -0.3 is 10.1 Å². The number of amides is 1. The number of halogens is 1. The molecule has 0 aliphatic carbocycles. The third kappa shape index (κ3) is 3.00. The molecule has 0 saturated carbocycles. The summed E-state index contributed by atoms with van der Waals surface area (Å²) >= 11 is 5.78. The second-order valence-corrected chi connectivity index (χ2v) is 4.56. The van der Waals surface area contributed by atoms with Crippen LogP contribution in [0.3, 0.4) is 0 Å². The van der Waals surface area contributed by atoms with Crippen molar-refractivity contribution in [3.63, 3.8) is 0 Å². The Kier molecular flexibility index (Phi) is 4.19. The van der Waals surface area contributed by atoms with E-state index in [0.29, 0.717) is 23.6 Å². The van der Waals surface area contributed by atoms with E-state index in [2.05, 4.69) is 11.4 Å². The number of benzene rings is 1. The van der Waals surface area contributed by atoms with Crippen molar-refractivity contribution in [1.82, 2.24) is 5.32 Å². The lowest BCUT2D eigenvalue weighted by Crippen LogP contribution is -2.36. The number of nitrogens with zero attached hydrogens (tertiary/aromatic N) is 1. The summed E-state index contributed by atoms with van der Waals surface area (Å²) < 4.78 is 5.27. The summed E-state index contributed by atoms with van der Waals surface area (Å²) in [4.78, 5) is 11.8. The molecule has 94 valence electrons. The minimum Gasteiger partial charge on any atom is -0.368 e. The first-order valence-electron chi connectivity index (χ1n) is 5.78. The van der Waals surface area contributed by atoms with Crippen molar-refractivity contribution in [2.75, 3.05) is 6.61 Å². The Morgan fingerprint density at radius 2 is 2.22 bits per heavy atom. The SMILES string of the molecule is N#CC(NC(=O)C1CCCO1)c1ccc(Cl)cc1. The molecule has 1 aromatic rings. The molecule has 1 amide bonds. The van der Waals surface area contributed by atoms with Crippen LogP contribution in [0.5, 0.6) is 0 Å². The maximum absolute atomic E-state index is 11.8. The van der Waals surface area contributed by atoms with Gasteiger partial charge in [0, 0.05) is 11.6 Å². The predicted octanol–water partition coefficient (Wildman–Crippen LogP) is 2.20. The van der Waals surface area contributed by atoms with Crippen LogP contribution in [0.25, 0.3) is 0 Å². The van der Waals surface area contributed by atoms with Crippen LogP contribution < -0.4 is 5.32 Å². The third-order valence-corrected chi connectivity index (χ3v) is 3.09. The lowest BCUT2D eigenvalue weighted by Gasteiger charge is -2.15. The molecule has 1 aliphatic heterocycles. The van der Waals surface area contributed by atoms with Gasteiger partial charge in [-0.25, -0.2) is 0 Å². The summed E-state index contributed by atoms with van der Waals surface area (Å²) in [6.07, 6.45) is 1.18. The highest BCUT2D eigenvalue weighted by Gasteiger charge is 2.25. The number of ether oxygens (including phenoxy) is 1. The molecule has 1 saturated heterocycles. The summed E-state index contributed by atoms with van der Waals surface area (Å²) in [7, 11) is 0. The van der Waals surface area contributed by atoms with Crippen LogP contribution in [-0.4, -0.2) is 18.6 Å². The molecule has 2 unspecified atom stereocenters. The molecule has 2 atom stereocenters. The Balaban J connectivity index is 2.03. The van der Waals surface area contributed by atoms with Crippen molar-refractivity contribution in [3.8, 4) is 6.07 Å². The second kappa shape index (κ2) is 5.85. The molecule has 2 rings (SSSR count). The van der Waals surface area contributed by atoms with Gasteiger partial charge in [-0.3, -0.25) is 4.79 Å². The number of nitriles is 1. The zero-order valence-electron chi connectivity index (χ0n) is 9.73. The molecule has 1 aromatic carbocycles. The fourth-order valence-corrected chi connectivity index (χ4v) is 1.99. The van der Waals surface area contributed by atoms with E-state index in [1.54, 1.807) is 24.3 Å². The van der Waals surface area contributed by atoms with E-state index in [1.807, 2.05) is 0 Å². The van der Waals surface area contributed by atoms with E-state index >= 15 is 0 Å². The molecule has 0 aromatic heterocycles. The number of hydrogen-bond acceptors (Lipinski definition) is 3. The Hall–Kier alpha value is -1.57. The lowest BCUT2D eigenvalue weighted by molar-refractivity contribution is -0.130. The average Bonchev–Trinajstić information content (AvgIpc) is 2.91. The van der Waals surface area contributed by atoms with Gasteiger partial charge in [0.15, 0.2) is 0 Å². The van der Waals surface area contributed by atoms with Crippen LogP contribution in [0, 0.1) is 11.3 Å². The highest BCUT2D eigenvalue weighted by molar-refractivity contribution is 6.30. The summed E-state index contributed by atoms with van der Waals surface area (Å²) in [6.45, 7) is 0.607. The van der Waals surface area contributed by atoms with Gasteiger partial charge >= 0.3 is 0 Å². The normalized spacial score (nSPS) is 20.1. The van der Waals surface area contributed by atoms with E-state index in [0.717, 1.165) is 6.42 Å². The van der Waals surface area contributed by atoms with Crippen LogP contribution in [0.4, 0.5) is 0 Å². The number of carbonyl (C=O) groups is 1. The van der Waals surface area contributed by atoms with Crippen molar-refractivity contribution in [2.24, 2.45) is 0 Å². The quantitative estimate of drug-likeness (QED) is 0.910. The van der Waals surface area contributed by atoms with Crippen LogP contribution in [0.1, 0.15) is 24.4 Å². The molecule has 0 spiro atoms. The molecule has 0 radical (unpaired) electrons. The van der Waals surface area contributed by atoms with Gasteiger partial charge in [0.2, 0.25) is 5.91 Å². The Labute approximate surface area is 111 Å². The lowest BCUT2D eigenvalue weighted by atomic mass is 10.1. The summed E-state index contributed by atoms with van der Waals surface area (Å²) in [5.74, 6) is -0.228. The van der Waals surface area contributed by atoms with Crippen molar-refractivity contribution < 1.29 is 9.53 Å². The molecule has 0 bridgehead atoms. The minimum absolute atomic E-state index is 0.228. The van der Waals surface area contributed by atoms with Gasteiger partial charge in [0.25, 0.3) is 0 Å². The van der Waals surface area contributed by atoms with E-state index in [4.69, 9.17) is 21.6 Å². The highest BCUT2D eigenvalue weighted by Crippen LogP contribution is 2.18. The van der Waals surface area contributed by atoms with Crippen molar-refractivity contribution >= 4 is 17.5 Å². The van der Waals surface area contributed by atoms with E-state index in [9.17, 15) is 4.79 Å². The zero-order chi connectivity index (χ0) is 13.0. The van der Waals surface area contributed by atoms with Crippen molar-refractivity contribution in [3.05, 3.63) is 34.9 Å². The first-order chi connectivity index (χ1) is 8.70. The molecule has 1 heterocycles. The van der Waals surface area contributed by atoms with E-state index in [-0.39, 0.29) is 5.91 Å². The largest absolute Gasteiger partial charge is 0.368 e. The second-order valence-electron chi connectivity index (χ2n) is 4.12. The van der Waals surface area contributed by atoms with Gasteiger partial charge in [-0.1, -0.05) is 23.7 Å². The van der Waals surface area contributed by atoms with E-state index in [1.165, 1.54) is 0 Å². The molecule has 4 nitrogen and oxygen atoms in total. The van der Waals surface area contributed by atoms with Gasteiger partial charge in [0.05, 0.1) is 6.07 Å². The fourth-order valence-electron chi connectivity index (χ4n) is 1.87. The number of nitrogens with one attached hydrogen (secondary N) is 1. The standard InChI is InChI=1S/C13H13ClN2O2/c14-10-5-3-9(4-6-10)11(8-15)16-13(17)12-2-1-7-18-12/h3-6,11-12H,1-2,7H2,(H,16,17). The molecule has 1 aliphatic rings. The number of carbonyl (C=O) groups excluding carboxylic acids is 1. The molecule has 18 heavy (non-hydrogen) atoms. The van der Waals surface area contributed by atoms with Crippen molar-refractivity contribution in [1.29, 1.82) is 5.26 Å². The number of rotatable bonds is 3. The van der Waals surface area contributed by atoms with Gasteiger partial charge in [-0.15, -0.1) is 0 Å². The first kappa shape index (κ1) is 12.9. The van der Waals surface area contributed by atoms with Crippen LogP contribution in [-0.2, 0) is 9.53 Å². The summed E-state index contributed by atoms with van der Waals surface area (Å²) in [5, 5.41) is 12.4. The van der Waals surface area contributed by atoms with Crippen molar-refractivity contribution in [2.45, 2.75) is 25.0 Å². The summed E-state index contributed by atoms with van der Waals surface area (Å²) in [6, 6.07) is 8.24. The fraction of sp³-hybridized carbons (Fsp3) is 0.385. The van der Waals surface area contributed by atoms with Crippen LogP contribution in [0.15, 0.2) is 24.3 Å². The Morgan fingerprint density at radius 1 is 1.50 bits per heavy atom. The third-order valence-electron chi connectivity index (χ3n) is 2.84. The molecule has 5 heteroatoms. The van der Waals surface area contributed by atoms with Gasteiger partial charge in [0.1, 0.15) is 12.1 Å². The maximum Gasteiger partial charge on any atom is 0.250 e. The molecule has 1 N–H and O–H groups in total. The Morgan fingerprint density at radius 3 is 2.78 bits per heavy atom. The number of hydrogen-bond donors (Lipinski definition) is 1. The zero-order valence-corrected chi connectivity index (χ0v) is 10.5. The summed E-state index contributed by atoms with van der Waals surface area (Å²) in [5.41, 5.74) is 0.716. The smallest absolute Gasteiger partial charge is 0.250 e. The molecule has 1 fully saturated rings. The van der Waals surface area contributed by atoms with Crippen LogP contribution in [0.2, 0.25) is 5.02 Å². The topological polar surface area (TPSA) is 62.1 Å². The van der Waals surface area contributed by atoms with Gasteiger partial charge in [-0.2, -0.15) is 5.26 Å². The monoisotopic (exact) mass is 264 g/mol. The Bertz CT molecular complexity index is 461. The average molecular weight is 265 g/mol. The molecular weight excluding hydrogens is 252 g/mol. The van der Waals surface area contributed by atoms with E-state index < -0.39 is 12.1 Å². The highest BCUT2D eigenvalue weighted by atomic mass is 35.5. The predicted molar refractivity (Wildman–Crippen MR) is 66.9 cm³/mol. The molecular formula is C13H13ClN2O2. The first-order valence-corrected chi connectivity index (χ1v) is 6.15. The van der Waals surface area contributed by atoms with Crippen LogP contribution >= 0.6 is 11.6 Å². The minimum atomic E-state index is -0.668. The van der Waals surface area contributed by atoms with Gasteiger partial charge in [-0.05, 0) is 30.5 Å². The maximum atomic E-state index is 11.8.